The normalized spacial score (nSPS) is 10.1. The lowest BCUT2D eigenvalue weighted by atomic mass is 10.2. The quantitative estimate of drug-likeness (QED) is 0.360. The van der Waals surface area contributed by atoms with Gasteiger partial charge in [0.25, 0.3) is 0 Å². The van der Waals surface area contributed by atoms with Crippen LogP contribution in [0.3, 0.4) is 0 Å². The fourth-order valence-corrected chi connectivity index (χ4v) is 0.552. The summed E-state index contributed by atoms with van der Waals surface area (Å²) in [5.41, 5.74) is 0. The van der Waals surface area contributed by atoms with E-state index in [1.54, 1.807) is 0 Å². The number of rotatable bonds is 5. The molecule has 0 aromatic rings. The molecule has 0 amide bonds. The van der Waals surface area contributed by atoms with Crippen molar-refractivity contribution in [3.05, 3.63) is 0 Å². The van der Waals surface area contributed by atoms with E-state index in [-0.39, 0.29) is 19.3 Å². The highest BCUT2D eigenvalue weighted by Crippen LogP contribution is 1.98. The third kappa shape index (κ3) is 5.50. The van der Waals surface area contributed by atoms with Gasteiger partial charge in [0, 0.05) is 6.42 Å². The molecule has 0 saturated heterocycles. The molecule has 0 atom stereocenters. The van der Waals surface area contributed by atoms with Crippen LogP contribution in [-0.2, 0) is 9.59 Å². The standard InChI is InChI=1S/C6H10O5/c7-4(6(10)11)2-1-3-5(8)9/h5,8-9H,1-3H2,(H,10,11). The minimum atomic E-state index is -1.47. The second-order valence-electron chi connectivity index (χ2n) is 2.10. The number of carbonyl (C=O) groups excluding carboxylic acids is 1. The second-order valence-corrected chi connectivity index (χ2v) is 2.10. The Kier molecular flexibility index (Phi) is 4.40. The molecule has 0 unspecified atom stereocenters. The van der Waals surface area contributed by atoms with E-state index in [4.69, 9.17) is 15.3 Å². The van der Waals surface area contributed by atoms with Crippen LogP contribution in [0.2, 0.25) is 0 Å². The third-order valence-electron chi connectivity index (χ3n) is 1.10. The topological polar surface area (TPSA) is 94.8 Å². The largest absolute Gasteiger partial charge is 0.476 e. The van der Waals surface area contributed by atoms with Gasteiger partial charge in [-0.2, -0.15) is 0 Å². The summed E-state index contributed by atoms with van der Waals surface area (Å²) >= 11 is 0. The molecule has 64 valence electrons. The molecule has 0 aromatic carbocycles. The van der Waals surface area contributed by atoms with Gasteiger partial charge in [0.15, 0.2) is 6.29 Å². The molecule has 0 fully saturated rings. The predicted octanol–water partition coefficient (Wildman–Crippen LogP) is -0.879. The molecule has 0 radical (unpaired) electrons. The highest BCUT2D eigenvalue weighted by molar-refractivity contribution is 6.32. The number of aliphatic hydroxyl groups is 2. The summed E-state index contributed by atoms with van der Waals surface area (Å²) in [5.74, 6) is -2.37. The van der Waals surface area contributed by atoms with Crippen molar-refractivity contribution in [3.8, 4) is 0 Å². The first-order valence-electron chi connectivity index (χ1n) is 3.16. The summed E-state index contributed by atoms with van der Waals surface area (Å²) in [5, 5.41) is 24.7. The smallest absolute Gasteiger partial charge is 0.372 e. The Morgan fingerprint density at radius 3 is 2.18 bits per heavy atom. The maximum absolute atomic E-state index is 10.4. The Morgan fingerprint density at radius 2 is 1.82 bits per heavy atom. The number of Topliss-reactive ketones (excluding diaryl/α,β-unsaturated/α-hetero) is 1. The van der Waals surface area contributed by atoms with Gasteiger partial charge in [-0.3, -0.25) is 4.79 Å². The van der Waals surface area contributed by atoms with Crippen molar-refractivity contribution in [2.75, 3.05) is 0 Å². The fraction of sp³-hybridized carbons (Fsp3) is 0.667. The molecule has 5 heteroatoms. The van der Waals surface area contributed by atoms with Gasteiger partial charge in [-0.05, 0) is 12.8 Å². The molecule has 0 bridgehead atoms. The number of aliphatic carboxylic acids is 1. The summed E-state index contributed by atoms with van der Waals surface area (Å²) in [6.45, 7) is 0. The molecule has 0 aromatic heterocycles. The van der Waals surface area contributed by atoms with Gasteiger partial charge < -0.3 is 15.3 Å². The highest BCUT2D eigenvalue weighted by atomic mass is 16.5. The van der Waals surface area contributed by atoms with E-state index in [9.17, 15) is 9.59 Å². The number of hydrogen-bond acceptors (Lipinski definition) is 4. The summed E-state index contributed by atoms with van der Waals surface area (Å²) in [7, 11) is 0. The van der Waals surface area contributed by atoms with Gasteiger partial charge in [0.05, 0.1) is 0 Å². The van der Waals surface area contributed by atoms with Gasteiger partial charge in [-0.25, -0.2) is 4.79 Å². The van der Waals surface area contributed by atoms with Crippen LogP contribution < -0.4 is 0 Å². The van der Waals surface area contributed by atoms with E-state index in [0.717, 1.165) is 0 Å². The number of carboxylic acids is 1. The zero-order valence-electron chi connectivity index (χ0n) is 5.86. The summed E-state index contributed by atoms with van der Waals surface area (Å²) in [4.78, 5) is 20.3. The minimum Gasteiger partial charge on any atom is -0.476 e. The van der Waals surface area contributed by atoms with E-state index < -0.39 is 18.0 Å². The van der Waals surface area contributed by atoms with Crippen LogP contribution in [-0.4, -0.2) is 33.4 Å². The Morgan fingerprint density at radius 1 is 1.27 bits per heavy atom. The molecule has 5 nitrogen and oxygen atoms in total. The summed E-state index contributed by atoms with van der Waals surface area (Å²) < 4.78 is 0. The average Bonchev–Trinajstić information content (AvgIpc) is 1.86. The van der Waals surface area contributed by atoms with Crippen molar-refractivity contribution in [1.29, 1.82) is 0 Å². The van der Waals surface area contributed by atoms with E-state index in [1.165, 1.54) is 0 Å². The van der Waals surface area contributed by atoms with Gasteiger partial charge in [0.1, 0.15) is 0 Å². The molecule has 0 aliphatic heterocycles. The lowest BCUT2D eigenvalue weighted by Gasteiger charge is -1.99. The minimum absolute atomic E-state index is 0.0268. The van der Waals surface area contributed by atoms with Crippen LogP contribution in [0.15, 0.2) is 0 Å². The van der Waals surface area contributed by atoms with Crippen LogP contribution in [0.25, 0.3) is 0 Å². The second kappa shape index (κ2) is 4.81. The molecule has 0 saturated carbocycles. The molecule has 0 rings (SSSR count). The number of carbonyl (C=O) groups is 2. The van der Waals surface area contributed by atoms with Crippen molar-refractivity contribution in [2.24, 2.45) is 0 Å². The van der Waals surface area contributed by atoms with E-state index in [1.807, 2.05) is 0 Å². The highest BCUT2D eigenvalue weighted by Gasteiger charge is 2.10. The van der Waals surface area contributed by atoms with Gasteiger partial charge in [0.2, 0.25) is 5.78 Å². The van der Waals surface area contributed by atoms with Gasteiger partial charge in [-0.1, -0.05) is 0 Å². The van der Waals surface area contributed by atoms with Crippen molar-refractivity contribution in [3.63, 3.8) is 0 Å². The SMILES string of the molecule is O=C(O)C(=O)CCCC(O)O. The molecule has 0 heterocycles. The average molecular weight is 162 g/mol. The molecule has 11 heavy (non-hydrogen) atoms. The lowest BCUT2D eigenvalue weighted by Crippen LogP contribution is -2.13. The Hall–Kier alpha value is -0.940. The van der Waals surface area contributed by atoms with Crippen molar-refractivity contribution >= 4 is 11.8 Å². The first-order chi connectivity index (χ1) is 5.04. The molecular formula is C6H10O5. The Labute approximate surface area is 63.3 Å². The number of carboxylic acid groups (broad SMARTS) is 1. The zero-order chi connectivity index (χ0) is 8.85. The molecular weight excluding hydrogens is 152 g/mol. The molecule has 0 spiro atoms. The number of ketones is 1. The summed E-state index contributed by atoms with van der Waals surface area (Å²) in [6, 6.07) is 0. The third-order valence-corrected chi connectivity index (χ3v) is 1.10. The Balaban J connectivity index is 3.40. The molecule has 0 aliphatic rings. The van der Waals surface area contributed by atoms with Crippen LogP contribution in [0, 0.1) is 0 Å². The van der Waals surface area contributed by atoms with Crippen molar-refractivity contribution in [1.82, 2.24) is 0 Å². The summed E-state index contributed by atoms with van der Waals surface area (Å²) in [6.07, 6.45) is -1.40. The van der Waals surface area contributed by atoms with Crippen LogP contribution >= 0.6 is 0 Å². The zero-order valence-corrected chi connectivity index (χ0v) is 5.86. The molecule has 3 N–H and O–H groups in total. The predicted molar refractivity (Wildman–Crippen MR) is 34.7 cm³/mol. The van der Waals surface area contributed by atoms with Crippen LogP contribution in [0.5, 0.6) is 0 Å². The van der Waals surface area contributed by atoms with Gasteiger partial charge in [-0.15, -0.1) is 0 Å². The van der Waals surface area contributed by atoms with Crippen LogP contribution in [0.1, 0.15) is 19.3 Å². The Bertz CT molecular complexity index is 151. The van der Waals surface area contributed by atoms with E-state index in [2.05, 4.69) is 0 Å². The fourth-order valence-electron chi connectivity index (χ4n) is 0.552. The first kappa shape index (κ1) is 10.1. The first-order valence-corrected chi connectivity index (χ1v) is 3.16. The monoisotopic (exact) mass is 162 g/mol. The number of hydrogen-bond donors (Lipinski definition) is 3. The van der Waals surface area contributed by atoms with Crippen molar-refractivity contribution in [2.45, 2.75) is 25.6 Å². The maximum Gasteiger partial charge on any atom is 0.372 e. The van der Waals surface area contributed by atoms with E-state index in [0.29, 0.717) is 0 Å². The molecule has 0 aliphatic carbocycles. The van der Waals surface area contributed by atoms with Gasteiger partial charge >= 0.3 is 5.97 Å². The maximum atomic E-state index is 10.4. The number of aliphatic hydroxyl groups excluding tert-OH is 1. The van der Waals surface area contributed by atoms with Crippen LogP contribution in [0.4, 0.5) is 0 Å². The van der Waals surface area contributed by atoms with Crippen molar-refractivity contribution < 1.29 is 24.9 Å². The lowest BCUT2D eigenvalue weighted by molar-refractivity contribution is -0.149. The van der Waals surface area contributed by atoms with E-state index >= 15 is 0 Å².